The lowest BCUT2D eigenvalue weighted by atomic mass is 10.1. The van der Waals surface area contributed by atoms with Crippen molar-refractivity contribution in [3.05, 3.63) is 70.5 Å². The summed E-state index contributed by atoms with van der Waals surface area (Å²) >= 11 is 1.50. The van der Waals surface area contributed by atoms with E-state index in [1.807, 2.05) is 54.6 Å². The van der Waals surface area contributed by atoms with Gasteiger partial charge in [-0.15, -0.1) is 11.3 Å². The quantitative estimate of drug-likeness (QED) is 0.185. The molecule has 2 fully saturated rings. The summed E-state index contributed by atoms with van der Waals surface area (Å²) < 4.78 is 38.1. The molecule has 0 saturated carbocycles. The molecule has 0 radical (unpaired) electrons. The van der Waals surface area contributed by atoms with E-state index >= 15 is 0 Å². The number of carboxylic acid groups (broad SMARTS) is 1. The van der Waals surface area contributed by atoms with Gasteiger partial charge in [0, 0.05) is 31.7 Å². The third-order valence-electron chi connectivity index (χ3n) is 7.62. The molecule has 0 bridgehead atoms. The van der Waals surface area contributed by atoms with Gasteiger partial charge in [-0.2, -0.15) is 18.2 Å². The number of para-hydroxylation sites is 1. The summed E-state index contributed by atoms with van der Waals surface area (Å²) in [6, 6.07) is 17.7. The molecule has 12 nitrogen and oxygen atoms in total. The molecule has 5 N–H and O–H groups in total. The standard InChI is InChI=1S/C29H33N7O3S.C2HF3O2/c37-26-24(27-33-22-10-4-5-11-23(22)40-27)25(31-21-9-6-14-30-17-21)34-28(35-26)36-15-12-20(13-16-36)32-29(38)39-18-19-7-2-1-3-8-19;3-2(4,5)1(6)7/h1-5,7-8,10-11,20-21,30H,6,9,12-18H2,(H,32,38)(H2,31,34,35,37);(H,6,7)/t21-;/m1./s1. The number of piperidine rings is 2. The number of rotatable bonds is 7. The number of aliphatic carboxylic acids is 1. The van der Waals surface area contributed by atoms with Gasteiger partial charge in [0.05, 0.1) is 10.2 Å². The average molecular weight is 674 g/mol. The number of thiazole rings is 1. The van der Waals surface area contributed by atoms with Gasteiger partial charge < -0.3 is 30.7 Å². The van der Waals surface area contributed by atoms with Gasteiger partial charge in [0.25, 0.3) is 5.56 Å². The third-order valence-corrected chi connectivity index (χ3v) is 8.68. The summed E-state index contributed by atoms with van der Waals surface area (Å²) in [6.07, 6.45) is -1.98. The Morgan fingerprint density at radius 1 is 1.02 bits per heavy atom. The van der Waals surface area contributed by atoms with Crippen molar-refractivity contribution in [1.82, 2.24) is 25.6 Å². The predicted octanol–water partition coefficient (Wildman–Crippen LogP) is 4.74. The van der Waals surface area contributed by atoms with Crippen molar-refractivity contribution in [1.29, 1.82) is 0 Å². The molecule has 0 unspecified atom stereocenters. The SMILES string of the molecule is O=C(NC1CCN(c2nc(N[C@@H]3CCCNC3)c(-c3nc4ccccc4s3)c(=O)[nH]2)CC1)OCc1ccccc1.O=C(O)C(F)(F)F. The van der Waals surface area contributed by atoms with Crippen LogP contribution in [0.3, 0.4) is 0 Å². The van der Waals surface area contributed by atoms with Gasteiger partial charge in [-0.25, -0.2) is 14.6 Å². The molecule has 1 amide bonds. The molecule has 0 spiro atoms. The second kappa shape index (κ2) is 15.3. The highest BCUT2D eigenvalue weighted by molar-refractivity contribution is 7.21. The Kier molecular flexibility index (Phi) is 10.9. The summed E-state index contributed by atoms with van der Waals surface area (Å²) in [5.41, 5.74) is 2.09. The molecule has 250 valence electrons. The lowest BCUT2D eigenvalue weighted by Gasteiger charge is -2.33. The van der Waals surface area contributed by atoms with Crippen molar-refractivity contribution < 1.29 is 32.6 Å². The Labute approximate surface area is 271 Å². The monoisotopic (exact) mass is 673 g/mol. The number of ether oxygens (including phenoxy) is 1. The number of hydrogen-bond donors (Lipinski definition) is 5. The van der Waals surface area contributed by atoms with E-state index in [1.165, 1.54) is 11.3 Å². The highest BCUT2D eigenvalue weighted by Gasteiger charge is 2.38. The molecule has 4 heterocycles. The number of carboxylic acids is 1. The molecule has 47 heavy (non-hydrogen) atoms. The smallest absolute Gasteiger partial charge is 0.475 e. The van der Waals surface area contributed by atoms with Crippen molar-refractivity contribution >= 4 is 45.4 Å². The summed E-state index contributed by atoms with van der Waals surface area (Å²) in [7, 11) is 0. The molecular weight excluding hydrogens is 639 g/mol. The number of amides is 1. The lowest BCUT2D eigenvalue weighted by Crippen LogP contribution is -2.45. The zero-order valence-corrected chi connectivity index (χ0v) is 26.0. The second-order valence-electron chi connectivity index (χ2n) is 11.1. The first-order valence-electron chi connectivity index (χ1n) is 15.1. The maximum Gasteiger partial charge on any atom is 0.490 e. The minimum Gasteiger partial charge on any atom is -0.475 e. The number of alkyl carbamates (subject to hydrolysis) is 1. The minimum atomic E-state index is -5.08. The van der Waals surface area contributed by atoms with Crippen LogP contribution in [-0.2, 0) is 16.1 Å². The number of nitrogens with zero attached hydrogens (tertiary/aromatic N) is 3. The van der Waals surface area contributed by atoms with Gasteiger partial charge in [-0.05, 0) is 49.9 Å². The van der Waals surface area contributed by atoms with Gasteiger partial charge in [0.2, 0.25) is 5.95 Å². The van der Waals surface area contributed by atoms with Crippen LogP contribution in [0.15, 0.2) is 59.4 Å². The first-order valence-corrected chi connectivity index (χ1v) is 15.9. The number of nitrogens with one attached hydrogen (secondary N) is 4. The number of benzene rings is 2. The number of carbonyl (C=O) groups is 2. The molecule has 2 saturated heterocycles. The summed E-state index contributed by atoms with van der Waals surface area (Å²) in [6.45, 7) is 3.36. The van der Waals surface area contributed by atoms with Crippen LogP contribution in [0.1, 0.15) is 31.2 Å². The highest BCUT2D eigenvalue weighted by atomic mass is 32.1. The fourth-order valence-corrected chi connectivity index (χ4v) is 6.24. The molecule has 2 aromatic heterocycles. The Morgan fingerprint density at radius 2 is 1.72 bits per heavy atom. The van der Waals surface area contributed by atoms with Crippen molar-refractivity contribution in [2.24, 2.45) is 0 Å². The number of alkyl halides is 3. The van der Waals surface area contributed by atoms with Gasteiger partial charge in [-0.1, -0.05) is 42.5 Å². The lowest BCUT2D eigenvalue weighted by molar-refractivity contribution is -0.192. The average Bonchev–Trinajstić information content (AvgIpc) is 3.48. The molecule has 1 atom stereocenters. The zero-order chi connectivity index (χ0) is 33.4. The highest BCUT2D eigenvalue weighted by Crippen LogP contribution is 2.33. The largest absolute Gasteiger partial charge is 0.490 e. The van der Waals surface area contributed by atoms with Crippen LogP contribution in [0.4, 0.5) is 29.7 Å². The van der Waals surface area contributed by atoms with Gasteiger partial charge >= 0.3 is 18.2 Å². The number of halogens is 3. The van der Waals surface area contributed by atoms with Crippen molar-refractivity contribution in [3.63, 3.8) is 0 Å². The zero-order valence-electron chi connectivity index (χ0n) is 25.2. The molecule has 16 heteroatoms. The number of fused-ring (bicyclic) bond motifs is 1. The van der Waals surface area contributed by atoms with Gasteiger partial charge in [0.1, 0.15) is 23.0 Å². The number of anilines is 2. The third kappa shape index (κ3) is 9.19. The Balaban J connectivity index is 0.000000559. The van der Waals surface area contributed by atoms with Crippen LogP contribution in [0, 0.1) is 0 Å². The van der Waals surface area contributed by atoms with E-state index in [1.54, 1.807) is 0 Å². The molecule has 4 aromatic rings. The molecule has 0 aliphatic carbocycles. The first-order chi connectivity index (χ1) is 22.6. The van der Waals surface area contributed by atoms with Gasteiger partial charge in [-0.3, -0.25) is 9.78 Å². The first kappa shape index (κ1) is 33.7. The molecular formula is C31H34F3N7O5S. The van der Waals surface area contributed by atoms with Crippen LogP contribution >= 0.6 is 11.3 Å². The van der Waals surface area contributed by atoms with E-state index in [0.717, 1.165) is 54.6 Å². The van der Waals surface area contributed by atoms with Crippen molar-refractivity contribution in [2.45, 2.75) is 50.6 Å². The molecule has 2 aliphatic heterocycles. The van der Waals surface area contributed by atoms with E-state index in [9.17, 15) is 22.8 Å². The minimum absolute atomic E-state index is 0.000763. The summed E-state index contributed by atoms with van der Waals surface area (Å²) in [4.78, 5) is 49.5. The predicted molar refractivity (Wildman–Crippen MR) is 172 cm³/mol. The second-order valence-corrected chi connectivity index (χ2v) is 12.1. The summed E-state index contributed by atoms with van der Waals surface area (Å²) in [5.74, 6) is -1.66. The fourth-order valence-electron chi connectivity index (χ4n) is 5.23. The maximum atomic E-state index is 13.5. The number of carbonyl (C=O) groups excluding carboxylic acids is 1. The van der Waals surface area contributed by atoms with Crippen LogP contribution in [0.25, 0.3) is 20.8 Å². The van der Waals surface area contributed by atoms with E-state index in [2.05, 4.69) is 25.8 Å². The topological polar surface area (TPSA) is 162 Å². The maximum absolute atomic E-state index is 13.5. The van der Waals surface area contributed by atoms with E-state index in [-0.39, 0.29) is 24.2 Å². The number of H-pyrrole nitrogens is 1. The van der Waals surface area contributed by atoms with Crippen LogP contribution in [0.2, 0.25) is 0 Å². The van der Waals surface area contributed by atoms with Crippen LogP contribution < -0.4 is 26.4 Å². The number of aromatic nitrogens is 3. The molecule has 6 rings (SSSR count). The van der Waals surface area contributed by atoms with Crippen molar-refractivity contribution in [2.75, 3.05) is 36.4 Å². The summed E-state index contributed by atoms with van der Waals surface area (Å²) in [5, 5.41) is 17.7. The Hall–Kier alpha value is -4.70. The van der Waals surface area contributed by atoms with Crippen molar-refractivity contribution in [3.8, 4) is 10.6 Å². The molecule has 2 aliphatic rings. The van der Waals surface area contributed by atoms with E-state index in [0.29, 0.717) is 35.4 Å². The number of hydrogen-bond acceptors (Lipinski definition) is 10. The Morgan fingerprint density at radius 3 is 2.38 bits per heavy atom. The van der Waals surface area contributed by atoms with Crippen LogP contribution in [-0.4, -0.2) is 76.6 Å². The normalized spacial score (nSPS) is 17.0. The number of aromatic amines is 1. The van der Waals surface area contributed by atoms with Crippen LogP contribution in [0.5, 0.6) is 0 Å². The Bertz CT molecular complexity index is 1690. The van der Waals surface area contributed by atoms with Gasteiger partial charge in [0.15, 0.2) is 0 Å². The van der Waals surface area contributed by atoms with E-state index in [4.69, 9.17) is 24.6 Å². The molecule has 2 aromatic carbocycles. The van der Waals surface area contributed by atoms with E-state index < -0.39 is 18.2 Å². The fraction of sp³-hybridized carbons (Fsp3) is 0.387.